The maximum Gasteiger partial charge on any atom is 0.282 e. The molecule has 0 saturated carbocycles. The summed E-state index contributed by atoms with van der Waals surface area (Å²) in [7, 11) is 0. The molecule has 0 bridgehead atoms. The summed E-state index contributed by atoms with van der Waals surface area (Å²) in [6, 6.07) is 15.7. The number of hydrogen-bond donors (Lipinski definition) is 2. The molecule has 0 aliphatic heterocycles. The van der Waals surface area contributed by atoms with Crippen molar-refractivity contribution in [2.45, 2.75) is 53.1 Å². The average molecular weight is 368 g/mol. The lowest BCUT2D eigenvalue weighted by atomic mass is 9.94. The molecule has 4 nitrogen and oxygen atoms in total. The van der Waals surface area contributed by atoms with E-state index >= 15 is 0 Å². The number of nitrogens with one attached hydrogen (secondary N) is 1. The lowest BCUT2D eigenvalue weighted by Crippen LogP contribution is -2.93. The van der Waals surface area contributed by atoms with Crippen LogP contribution in [0.2, 0.25) is 0 Å². The molecule has 2 rings (SSSR count). The second-order valence-electron chi connectivity index (χ2n) is 7.47. The van der Waals surface area contributed by atoms with E-state index in [0.29, 0.717) is 17.2 Å². The monoisotopic (exact) mass is 367 g/mol. The van der Waals surface area contributed by atoms with Crippen LogP contribution in [0, 0.1) is 5.92 Å². The van der Waals surface area contributed by atoms with Gasteiger partial charge >= 0.3 is 0 Å². The van der Waals surface area contributed by atoms with Crippen molar-refractivity contribution in [2.24, 2.45) is 5.92 Å². The van der Waals surface area contributed by atoms with Gasteiger partial charge in [-0.1, -0.05) is 45.0 Å². The van der Waals surface area contributed by atoms with Crippen molar-refractivity contribution in [3.8, 4) is 0 Å². The molecule has 0 unspecified atom stereocenters. The molecule has 0 aliphatic rings. The minimum Gasteiger partial charge on any atom is -0.330 e. The molecule has 0 aliphatic carbocycles. The molecule has 27 heavy (non-hydrogen) atoms. The highest BCUT2D eigenvalue weighted by Gasteiger charge is 2.25. The Balaban J connectivity index is 2.04. The van der Waals surface area contributed by atoms with E-state index in [1.165, 1.54) is 18.1 Å². The Labute approximate surface area is 162 Å². The first kappa shape index (κ1) is 20.8. The quantitative estimate of drug-likeness (QED) is 0.698. The number of rotatable bonds is 8. The van der Waals surface area contributed by atoms with E-state index in [2.05, 4.69) is 55.7 Å². The van der Waals surface area contributed by atoms with Gasteiger partial charge in [-0.25, -0.2) is 0 Å². The Morgan fingerprint density at radius 2 is 1.56 bits per heavy atom. The van der Waals surface area contributed by atoms with Gasteiger partial charge < -0.3 is 10.6 Å². The molecular formula is C23H31N2O2+. The zero-order valence-electron chi connectivity index (χ0n) is 17.0. The van der Waals surface area contributed by atoms with Crippen molar-refractivity contribution in [2.75, 3.05) is 5.32 Å². The van der Waals surface area contributed by atoms with Gasteiger partial charge in [0.25, 0.3) is 5.91 Å². The van der Waals surface area contributed by atoms with Gasteiger partial charge in [0.2, 0.25) is 0 Å². The fraction of sp³-hybridized carbons (Fsp3) is 0.391. The topological polar surface area (TPSA) is 62.8 Å². The Kier molecular flexibility index (Phi) is 7.31. The summed E-state index contributed by atoms with van der Waals surface area (Å²) in [5.74, 6) is 0.382. The van der Waals surface area contributed by atoms with Crippen LogP contribution in [0.5, 0.6) is 0 Å². The van der Waals surface area contributed by atoms with Crippen molar-refractivity contribution in [3.05, 3.63) is 65.2 Å². The fourth-order valence-corrected chi connectivity index (χ4v) is 3.14. The minimum atomic E-state index is -0.226. The van der Waals surface area contributed by atoms with Gasteiger partial charge in [-0.3, -0.25) is 9.59 Å². The number of hydrogen-bond acceptors (Lipinski definition) is 2. The molecule has 0 spiro atoms. The van der Waals surface area contributed by atoms with E-state index in [4.69, 9.17) is 0 Å². The molecule has 0 aromatic heterocycles. The summed E-state index contributed by atoms with van der Waals surface area (Å²) >= 11 is 0. The minimum absolute atomic E-state index is 0.0171. The first-order valence-corrected chi connectivity index (χ1v) is 9.67. The molecule has 2 aromatic carbocycles. The number of amides is 1. The number of carbonyl (C=O) groups is 2. The van der Waals surface area contributed by atoms with E-state index in [0.717, 1.165) is 6.42 Å². The van der Waals surface area contributed by atoms with Gasteiger partial charge in [-0.05, 0) is 50.1 Å². The fourth-order valence-electron chi connectivity index (χ4n) is 3.14. The van der Waals surface area contributed by atoms with Gasteiger partial charge in [0.1, 0.15) is 6.04 Å². The van der Waals surface area contributed by atoms with Crippen LogP contribution in [-0.4, -0.2) is 17.7 Å². The molecule has 3 N–H and O–H groups in total. The molecule has 144 valence electrons. The van der Waals surface area contributed by atoms with Gasteiger partial charge in [-0.15, -0.1) is 0 Å². The Hall–Kier alpha value is -2.46. The third-order valence-electron chi connectivity index (χ3n) is 4.96. The van der Waals surface area contributed by atoms with Crippen molar-refractivity contribution in [1.29, 1.82) is 0 Å². The number of carbonyl (C=O) groups excluding carboxylic acids is 2. The van der Waals surface area contributed by atoms with E-state index in [-0.39, 0.29) is 23.8 Å². The zero-order chi connectivity index (χ0) is 20.0. The van der Waals surface area contributed by atoms with E-state index in [1.807, 2.05) is 6.92 Å². The number of anilines is 1. The average Bonchev–Trinajstić information content (AvgIpc) is 2.66. The molecular weight excluding hydrogens is 336 g/mol. The molecule has 2 atom stereocenters. The summed E-state index contributed by atoms with van der Waals surface area (Å²) < 4.78 is 0. The van der Waals surface area contributed by atoms with Gasteiger partial charge in [0.05, 0.1) is 0 Å². The lowest BCUT2D eigenvalue weighted by molar-refractivity contribution is -0.718. The van der Waals surface area contributed by atoms with Crippen molar-refractivity contribution >= 4 is 17.4 Å². The number of quaternary nitrogens is 1. The first-order chi connectivity index (χ1) is 12.8. The molecule has 0 saturated heterocycles. The zero-order valence-corrected chi connectivity index (χ0v) is 17.0. The lowest BCUT2D eigenvalue weighted by Gasteiger charge is -2.23. The molecule has 0 heterocycles. The molecule has 4 heteroatoms. The highest BCUT2D eigenvalue weighted by atomic mass is 16.2. The molecule has 1 amide bonds. The van der Waals surface area contributed by atoms with Crippen LogP contribution in [0.1, 0.15) is 62.1 Å². The summed E-state index contributed by atoms with van der Waals surface area (Å²) in [6.45, 7) is 9.97. The van der Waals surface area contributed by atoms with Crippen LogP contribution < -0.4 is 10.6 Å². The predicted molar refractivity (Wildman–Crippen MR) is 110 cm³/mol. The summed E-state index contributed by atoms with van der Waals surface area (Å²) in [5.41, 5.74) is 3.91. The highest BCUT2D eigenvalue weighted by Crippen LogP contribution is 2.19. The van der Waals surface area contributed by atoms with E-state index < -0.39 is 0 Å². The summed E-state index contributed by atoms with van der Waals surface area (Å²) in [5, 5.41) is 5.07. The number of benzene rings is 2. The standard InChI is InChI=1S/C23H30N2O2/c1-6-18-7-9-20(10-8-18)22(15(2)3)24-16(4)23(27)25-21-13-11-19(12-14-21)17(5)26/h7-16,22,24H,6H2,1-5H3,(H,25,27)/p+1/t16-,22-/m1/s1. The largest absolute Gasteiger partial charge is 0.330 e. The highest BCUT2D eigenvalue weighted by molar-refractivity contribution is 5.96. The summed E-state index contributed by atoms with van der Waals surface area (Å²) in [6.07, 6.45) is 1.03. The Morgan fingerprint density at radius 3 is 2.04 bits per heavy atom. The van der Waals surface area contributed by atoms with Crippen molar-refractivity contribution in [1.82, 2.24) is 0 Å². The van der Waals surface area contributed by atoms with Crippen molar-refractivity contribution in [3.63, 3.8) is 0 Å². The first-order valence-electron chi connectivity index (χ1n) is 9.67. The number of nitrogens with two attached hydrogens (primary N) is 1. The number of Topliss-reactive ketones (excluding diaryl/α,β-unsaturated/α-hetero) is 1. The van der Waals surface area contributed by atoms with Crippen molar-refractivity contribution < 1.29 is 14.9 Å². The summed E-state index contributed by atoms with van der Waals surface area (Å²) in [4.78, 5) is 24.0. The van der Waals surface area contributed by atoms with Crippen LogP contribution in [0.15, 0.2) is 48.5 Å². The van der Waals surface area contributed by atoms with Gasteiger partial charge in [0, 0.05) is 22.7 Å². The Morgan fingerprint density at radius 1 is 0.963 bits per heavy atom. The molecule has 0 radical (unpaired) electrons. The molecule has 0 fully saturated rings. The number of aryl methyl sites for hydroxylation is 1. The van der Waals surface area contributed by atoms with Crippen LogP contribution >= 0.6 is 0 Å². The third kappa shape index (κ3) is 5.76. The van der Waals surface area contributed by atoms with Gasteiger partial charge in [-0.2, -0.15) is 0 Å². The van der Waals surface area contributed by atoms with Crippen LogP contribution in [0.4, 0.5) is 5.69 Å². The number of ketones is 1. The van der Waals surface area contributed by atoms with Crippen LogP contribution in [0.25, 0.3) is 0 Å². The smallest absolute Gasteiger partial charge is 0.282 e. The molecule has 2 aromatic rings. The van der Waals surface area contributed by atoms with E-state index in [9.17, 15) is 9.59 Å². The maximum absolute atomic E-state index is 12.6. The second-order valence-corrected chi connectivity index (χ2v) is 7.47. The van der Waals surface area contributed by atoms with E-state index in [1.54, 1.807) is 24.3 Å². The SMILES string of the molecule is CCc1ccc([C@H]([NH2+][C@H](C)C(=O)Nc2ccc(C(C)=O)cc2)C(C)C)cc1. The maximum atomic E-state index is 12.6. The Bertz CT molecular complexity index is 764. The predicted octanol–water partition coefficient (Wildman–Crippen LogP) is 3.74. The second kappa shape index (κ2) is 9.47. The van der Waals surface area contributed by atoms with Crippen LogP contribution in [-0.2, 0) is 11.2 Å². The van der Waals surface area contributed by atoms with Gasteiger partial charge in [0.15, 0.2) is 11.8 Å². The third-order valence-corrected chi connectivity index (χ3v) is 4.96. The normalized spacial score (nSPS) is 13.3. The van der Waals surface area contributed by atoms with Crippen LogP contribution in [0.3, 0.4) is 0 Å².